The van der Waals surface area contributed by atoms with Gasteiger partial charge in [-0.1, -0.05) is 25.5 Å². The molecule has 0 aliphatic heterocycles. The Morgan fingerprint density at radius 1 is 1.04 bits per heavy atom. The van der Waals surface area contributed by atoms with Crippen LogP contribution in [-0.4, -0.2) is 16.8 Å². The van der Waals surface area contributed by atoms with Crippen LogP contribution in [-0.2, 0) is 6.61 Å². The Balaban J connectivity index is 1.67. The van der Waals surface area contributed by atoms with E-state index in [-0.39, 0.29) is 0 Å². The van der Waals surface area contributed by atoms with E-state index in [0.29, 0.717) is 13.2 Å². The van der Waals surface area contributed by atoms with Crippen LogP contribution in [0, 0.1) is 0 Å². The van der Waals surface area contributed by atoms with Crippen molar-refractivity contribution >= 4 is 5.69 Å². The van der Waals surface area contributed by atoms with Crippen LogP contribution in [0.5, 0.6) is 11.5 Å². The molecule has 0 fully saturated rings. The number of hydrogen-bond acceptors (Lipinski definition) is 4. The van der Waals surface area contributed by atoms with Crippen LogP contribution in [0.1, 0.15) is 25.5 Å². The van der Waals surface area contributed by atoms with Crippen molar-refractivity contribution in [3.63, 3.8) is 0 Å². The van der Waals surface area contributed by atoms with Gasteiger partial charge in [0.2, 0.25) is 0 Å². The van der Waals surface area contributed by atoms with E-state index in [1.54, 1.807) is 0 Å². The molecule has 0 unspecified atom stereocenters. The summed E-state index contributed by atoms with van der Waals surface area (Å²) in [6.07, 6.45) is 2.15. The Bertz CT molecular complexity index is 797. The molecule has 0 amide bonds. The number of nitrogens with one attached hydrogen (secondary N) is 1. The first kappa shape index (κ1) is 16.9. The fourth-order valence-electron chi connectivity index (χ4n) is 2.43. The van der Waals surface area contributed by atoms with E-state index in [1.165, 1.54) is 0 Å². The molecular formula is C20H23N3O2. The maximum absolute atomic E-state index is 5.88. The summed E-state index contributed by atoms with van der Waals surface area (Å²) in [5, 5.41) is 7.42. The van der Waals surface area contributed by atoms with Crippen LogP contribution < -0.4 is 15.2 Å². The molecule has 130 valence electrons. The highest BCUT2D eigenvalue weighted by Gasteiger charge is 2.10. The highest BCUT2D eigenvalue weighted by molar-refractivity contribution is 5.67. The second kappa shape index (κ2) is 8.24. The Hall–Kier alpha value is -2.95. The lowest BCUT2D eigenvalue weighted by Crippen LogP contribution is -1.98. The molecule has 0 saturated heterocycles. The molecule has 1 aromatic heterocycles. The highest BCUT2D eigenvalue weighted by Crippen LogP contribution is 2.29. The van der Waals surface area contributed by atoms with Gasteiger partial charge in [0.25, 0.3) is 0 Å². The van der Waals surface area contributed by atoms with Gasteiger partial charge in [-0.15, -0.1) is 0 Å². The average Bonchev–Trinajstić information content (AvgIpc) is 3.11. The van der Waals surface area contributed by atoms with E-state index in [0.717, 1.165) is 47.0 Å². The molecule has 3 aromatic rings. The lowest BCUT2D eigenvalue weighted by Gasteiger charge is -2.09. The van der Waals surface area contributed by atoms with Crippen molar-refractivity contribution in [3.05, 3.63) is 60.3 Å². The van der Waals surface area contributed by atoms with Gasteiger partial charge in [-0.25, -0.2) is 0 Å². The molecule has 25 heavy (non-hydrogen) atoms. The third-order valence-corrected chi connectivity index (χ3v) is 3.82. The lowest BCUT2D eigenvalue weighted by atomic mass is 10.1. The summed E-state index contributed by atoms with van der Waals surface area (Å²) in [5.74, 6) is 1.63. The van der Waals surface area contributed by atoms with Gasteiger partial charge in [-0.3, -0.25) is 5.10 Å². The Labute approximate surface area is 147 Å². The molecule has 0 bridgehead atoms. The number of benzene rings is 2. The first-order valence-corrected chi connectivity index (χ1v) is 8.51. The topological polar surface area (TPSA) is 73.2 Å². The Morgan fingerprint density at radius 3 is 2.64 bits per heavy atom. The second-order valence-corrected chi connectivity index (χ2v) is 5.83. The number of unbranched alkanes of at least 4 members (excludes halogenated alkanes) is 1. The van der Waals surface area contributed by atoms with E-state index < -0.39 is 0 Å². The molecule has 3 N–H and O–H groups in total. The van der Waals surface area contributed by atoms with Gasteiger partial charge in [0.1, 0.15) is 18.1 Å². The van der Waals surface area contributed by atoms with Gasteiger partial charge >= 0.3 is 0 Å². The van der Waals surface area contributed by atoms with Crippen molar-refractivity contribution in [2.45, 2.75) is 26.4 Å². The molecular weight excluding hydrogens is 314 g/mol. The molecule has 0 aliphatic rings. The summed E-state index contributed by atoms with van der Waals surface area (Å²) in [4.78, 5) is 0. The molecule has 0 atom stereocenters. The Kier molecular flexibility index (Phi) is 5.57. The molecule has 1 heterocycles. The summed E-state index contributed by atoms with van der Waals surface area (Å²) >= 11 is 0. The summed E-state index contributed by atoms with van der Waals surface area (Å²) in [5.41, 5.74) is 9.12. The zero-order valence-corrected chi connectivity index (χ0v) is 14.4. The minimum Gasteiger partial charge on any atom is -0.493 e. The lowest BCUT2D eigenvalue weighted by molar-refractivity contribution is 0.301. The number of nitrogen functional groups attached to an aromatic ring is 1. The molecule has 5 nitrogen and oxygen atoms in total. The van der Waals surface area contributed by atoms with Gasteiger partial charge in [0, 0.05) is 11.3 Å². The van der Waals surface area contributed by atoms with Crippen molar-refractivity contribution in [2.24, 2.45) is 0 Å². The van der Waals surface area contributed by atoms with Crippen molar-refractivity contribution < 1.29 is 9.47 Å². The molecule has 2 aromatic carbocycles. The van der Waals surface area contributed by atoms with Crippen LogP contribution in [0.25, 0.3) is 11.3 Å². The summed E-state index contributed by atoms with van der Waals surface area (Å²) in [6.45, 7) is 3.27. The van der Waals surface area contributed by atoms with E-state index in [2.05, 4.69) is 17.1 Å². The van der Waals surface area contributed by atoms with E-state index in [9.17, 15) is 0 Å². The van der Waals surface area contributed by atoms with Crippen LogP contribution in [0.4, 0.5) is 5.69 Å². The Morgan fingerprint density at radius 2 is 1.84 bits per heavy atom. The summed E-state index contributed by atoms with van der Waals surface area (Å²) in [6, 6.07) is 17.3. The van der Waals surface area contributed by atoms with Crippen LogP contribution >= 0.6 is 0 Å². The van der Waals surface area contributed by atoms with Gasteiger partial charge in [0.15, 0.2) is 0 Å². The predicted octanol–water partition coefficient (Wildman–Crippen LogP) is 4.42. The van der Waals surface area contributed by atoms with E-state index >= 15 is 0 Å². The maximum atomic E-state index is 5.88. The number of para-hydroxylation sites is 1. The van der Waals surface area contributed by atoms with Gasteiger partial charge < -0.3 is 15.2 Å². The third kappa shape index (κ3) is 4.53. The van der Waals surface area contributed by atoms with Crippen LogP contribution in [0.15, 0.2) is 54.6 Å². The minimum atomic E-state index is 0.412. The van der Waals surface area contributed by atoms with Crippen molar-refractivity contribution in [3.8, 4) is 22.8 Å². The maximum Gasteiger partial charge on any atom is 0.130 e. The normalized spacial score (nSPS) is 10.6. The monoisotopic (exact) mass is 337 g/mol. The third-order valence-electron chi connectivity index (χ3n) is 3.82. The number of anilines is 1. The fourth-order valence-corrected chi connectivity index (χ4v) is 2.43. The summed E-state index contributed by atoms with van der Waals surface area (Å²) in [7, 11) is 0. The number of H-pyrrole nitrogens is 1. The first-order valence-electron chi connectivity index (χ1n) is 8.51. The summed E-state index contributed by atoms with van der Waals surface area (Å²) < 4.78 is 11.6. The largest absolute Gasteiger partial charge is 0.493 e. The molecule has 0 saturated carbocycles. The van der Waals surface area contributed by atoms with E-state index in [4.69, 9.17) is 15.2 Å². The molecule has 5 heteroatoms. The zero-order valence-electron chi connectivity index (χ0n) is 14.4. The predicted molar refractivity (Wildman–Crippen MR) is 99.6 cm³/mol. The van der Waals surface area contributed by atoms with Crippen molar-refractivity contribution in [1.29, 1.82) is 0 Å². The SMILES string of the molecule is CCCCOc1ccccc1-c1cc(COc2ccc(N)cc2)[nH]n1. The smallest absolute Gasteiger partial charge is 0.130 e. The molecule has 3 rings (SSSR count). The highest BCUT2D eigenvalue weighted by atomic mass is 16.5. The van der Waals surface area contributed by atoms with Gasteiger partial charge in [-0.05, 0) is 48.9 Å². The fraction of sp³-hybridized carbons (Fsp3) is 0.250. The van der Waals surface area contributed by atoms with Crippen LogP contribution in [0.3, 0.4) is 0 Å². The number of ether oxygens (including phenoxy) is 2. The average molecular weight is 337 g/mol. The van der Waals surface area contributed by atoms with Gasteiger partial charge in [-0.2, -0.15) is 5.10 Å². The number of nitrogens with two attached hydrogens (primary N) is 1. The number of aromatic amines is 1. The van der Waals surface area contributed by atoms with Gasteiger partial charge in [0.05, 0.1) is 18.0 Å². The molecule has 0 radical (unpaired) electrons. The molecule has 0 aliphatic carbocycles. The zero-order chi connectivity index (χ0) is 17.5. The van der Waals surface area contributed by atoms with E-state index in [1.807, 2.05) is 54.6 Å². The van der Waals surface area contributed by atoms with Crippen molar-refractivity contribution in [1.82, 2.24) is 10.2 Å². The second-order valence-electron chi connectivity index (χ2n) is 5.83. The van der Waals surface area contributed by atoms with Crippen molar-refractivity contribution in [2.75, 3.05) is 12.3 Å². The quantitative estimate of drug-likeness (QED) is 0.471. The van der Waals surface area contributed by atoms with Crippen LogP contribution in [0.2, 0.25) is 0 Å². The number of hydrogen-bond donors (Lipinski definition) is 2. The number of rotatable bonds is 8. The minimum absolute atomic E-state index is 0.412. The molecule has 0 spiro atoms. The first-order chi connectivity index (χ1) is 12.3. The number of nitrogens with zero attached hydrogens (tertiary/aromatic N) is 1. The number of aromatic nitrogens is 2. The standard InChI is InChI=1S/C20H23N3O2/c1-2-3-12-24-20-7-5-4-6-18(20)19-13-16(22-23-19)14-25-17-10-8-15(21)9-11-17/h4-11,13H,2-3,12,14,21H2,1H3,(H,22,23).